The summed E-state index contributed by atoms with van der Waals surface area (Å²) in [6.45, 7) is 5.73. The van der Waals surface area contributed by atoms with Crippen molar-refractivity contribution in [3.05, 3.63) is 0 Å². The largest absolute Gasteiger partial charge is 0.356 e. The Hall–Kier alpha value is 0.250. The Balaban J connectivity index is 3.60. The summed E-state index contributed by atoms with van der Waals surface area (Å²) in [5, 5.41) is 2.93. The van der Waals surface area contributed by atoms with Crippen LogP contribution in [0.1, 0.15) is 39.5 Å². The fourth-order valence-electron chi connectivity index (χ4n) is 1.47. The number of amides is 1. The molecule has 0 aromatic heterocycles. The van der Waals surface area contributed by atoms with Crippen LogP contribution in [0, 0.1) is 0 Å². The molecule has 0 fully saturated rings. The Kier molecular flexibility index (Phi) is 10.2. The van der Waals surface area contributed by atoms with Gasteiger partial charge in [0, 0.05) is 31.1 Å². The lowest BCUT2D eigenvalue weighted by Gasteiger charge is -2.22. The molecule has 0 spiro atoms. The second kappa shape index (κ2) is 10.1. The maximum Gasteiger partial charge on any atom is 0.220 e. The fourth-order valence-corrected chi connectivity index (χ4v) is 2.43. The Bertz CT molecular complexity index is 233. The standard InChI is InChI=1S/C12H29N3OP2/c1-3-12(2,13)6-7-14-11(16)5-4-8-15(9-17)10-18/h3-10,13,17-18H2,1-2H3,(H,14,16). The van der Waals surface area contributed by atoms with Gasteiger partial charge in [-0.1, -0.05) is 6.92 Å². The Morgan fingerprint density at radius 2 is 2.00 bits per heavy atom. The summed E-state index contributed by atoms with van der Waals surface area (Å²) < 4.78 is 0. The predicted molar refractivity (Wildman–Crippen MR) is 85.6 cm³/mol. The molecule has 3 N–H and O–H groups in total. The van der Waals surface area contributed by atoms with Crippen molar-refractivity contribution in [3.63, 3.8) is 0 Å². The van der Waals surface area contributed by atoms with E-state index in [1.165, 1.54) is 0 Å². The lowest BCUT2D eigenvalue weighted by Crippen LogP contribution is -2.39. The van der Waals surface area contributed by atoms with Crippen LogP contribution in [0.15, 0.2) is 0 Å². The third-order valence-electron chi connectivity index (χ3n) is 3.22. The molecule has 4 nitrogen and oxygen atoms in total. The molecule has 0 heterocycles. The highest BCUT2D eigenvalue weighted by Crippen LogP contribution is 2.08. The average molecular weight is 293 g/mol. The van der Waals surface area contributed by atoms with Gasteiger partial charge in [-0.05, 0) is 32.7 Å². The number of rotatable bonds is 10. The zero-order valence-electron chi connectivity index (χ0n) is 11.7. The molecule has 18 heavy (non-hydrogen) atoms. The zero-order valence-corrected chi connectivity index (χ0v) is 14.1. The van der Waals surface area contributed by atoms with Gasteiger partial charge in [0.05, 0.1) is 0 Å². The van der Waals surface area contributed by atoms with Crippen LogP contribution < -0.4 is 11.1 Å². The summed E-state index contributed by atoms with van der Waals surface area (Å²) in [5.74, 6) is 0.134. The number of carbonyl (C=O) groups is 1. The molecular weight excluding hydrogens is 264 g/mol. The van der Waals surface area contributed by atoms with Gasteiger partial charge in [-0.15, -0.1) is 18.5 Å². The first-order valence-corrected chi connectivity index (χ1v) is 8.26. The maximum absolute atomic E-state index is 11.6. The van der Waals surface area contributed by atoms with Gasteiger partial charge in [0.2, 0.25) is 5.91 Å². The van der Waals surface area contributed by atoms with Crippen molar-refractivity contribution in [1.29, 1.82) is 0 Å². The van der Waals surface area contributed by atoms with Crippen LogP contribution in [0.5, 0.6) is 0 Å². The van der Waals surface area contributed by atoms with Gasteiger partial charge in [0.25, 0.3) is 0 Å². The molecule has 108 valence electrons. The Morgan fingerprint density at radius 1 is 1.39 bits per heavy atom. The van der Waals surface area contributed by atoms with Gasteiger partial charge < -0.3 is 11.1 Å². The van der Waals surface area contributed by atoms with Gasteiger partial charge in [0.1, 0.15) is 0 Å². The van der Waals surface area contributed by atoms with Crippen molar-refractivity contribution in [1.82, 2.24) is 10.2 Å². The Labute approximate surface area is 116 Å². The Morgan fingerprint density at radius 3 is 2.50 bits per heavy atom. The van der Waals surface area contributed by atoms with E-state index in [-0.39, 0.29) is 11.4 Å². The summed E-state index contributed by atoms with van der Waals surface area (Å²) in [5.41, 5.74) is 5.85. The first kappa shape index (κ1) is 18.2. The number of nitrogens with one attached hydrogen (secondary N) is 1. The van der Waals surface area contributed by atoms with Crippen LogP contribution in [0.4, 0.5) is 0 Å². The molecule has 0 aromatic rings. The van der Waals surface area contributed by atoms with E-state index in [9.17, 15) is 4.79 Å². The molecule has 0 saturated heterocycles. The van der Waals surface area contributed by atoms with Crippen molar-refractivity contribution < 1.29 is 4.79 Å². The van der Waals surface area contributed by atoms with Crippen LogP contribution in [0.3, 0.4) is 0 Å². The molecule has 3 unspecified atom stereocenters. The first-order valence-electron chi connectivity index (χ1n) is 6.63. The van der Waals surface area contributed by atoms with Gasteiger partial charge in [-0.25, -0.2) is 0 Å². The summed E-state index contributed by atoms with van der Waals surface area (Å²) in [6, 6.07) is 0. The lowest BCUT2D eigenvalue weighted by atomic mass is 9.96. The topological polar surface area (TPSA) is 58.4 Å². The smallest absolute Gasteiger partial charge is 0.220 e. The van der Waals surface area contributed by atoms with Gasteiger partial charge in [-0.2, -0.15) is 0 Å². The molecule has 6 heteroatoms. The molecule has 1 amide bonds. The van der Waals surface area contributed by atoms with E-state index in [1.807, 2.05) is 6.92 Å². The average Bonchev–Trinajstić information content (AvgIpc) is 2.34. The van der Waals surface area contributed by atoms with Crippen LogP contribution in [-0.2, 0) is 4.79 Å². The number of hydrogen-bond donors (Lipinski definition) is 2. The molecule has 0 aliphatic rings. The monoisotopic (exact) mass is 293 g/mol. The third-order valence-corrected chi connectivity index (χ3v) is 4.25. The number of nitrogens with two attached hydrogens (primary N) is 1. The number of hydrogen-bond acceptors (Lipinski definition) is 3. The fraction of sp³-hybridized carbons (Fsp3) is 0.917. The quantitative estimate of drug-likeness (QED) is 0.598. The molecule has 3 atom stereocenters. The molecule has 0 aliphatic carbocycles. The van der Waals surface area contributed by atoms with E-state index in [0.717, 1.165) is 38.4 Å². The van der Waals surface area contributed by atoms with E-state index < -0.39 is 0 Å². The SMILES string of the molecule is CCC(C)(N)CCNC(=O)CCCN(CP)CP. The second-order valence-corrected chi connectivity index (χ2v) is 5.70. The predicted octanol–water partition coefficient (Wildman–Crippen LogP) is 1.37. The van der Waals surface area contributed by atoms with Crippen LogP contribution >= 0.6 is 18.5 Å². The van der Waals surface area contributed by atoms with Crippen molar-refractivity contribution >= 4 is 24.4 Å². The molecule has 0 aromatic carbocycles. The van der Waals surface area contributed by atoms with Gasteiger partial charge in [0.15, 0.2) is 0 Å². The minimum absolute atomic E-state index is 0.134. The highest BCUT2D eigenvalue weighted by atomic mass is 31.0. The molecule has 0 saturated carbocycles. The van der Waals surface area contributed by atoms with E-state index in [2.05, 4.69) is 35.6 Å². The van der Waals surface area contributed by atoms with Gasteiger partial charge in [-0.3, -0.25) is 9.69 Å². The minimum Gasteiger partial charge on any atom is -0.356 e. The summed E-state index contributed by atoms with van der Waals surface area (Å²) in [7, 11) is 5.41. The molecule has 0 radical (unpaired) electrons. The molecule has 0 rings (SSSR count). The normalized spacial score (nSPS) is 14.6. The van der Waals surface area contributed by atoms with Crippen molar-refractivity contribution in [2.24, 2.45) is 5.73 Å². The summed E-state index contributed by atoms with van der Waals surface area (Å²) in [4.78, 5) is 13.9. The molecule has 0 aliphatic heterocycles. The van der Waals surface area contributed by atoms with Crippen LogP contribution in [0.2, 0.25) is 0 Å². The zero-order chi connectivity index (χ0) is 14.0. The minimum atomic E-state index is -0.164. The molecular formula is C12H29N3OP2. The maximum atomic E-state index is 11.6. The highest BCUT2D eigenvalue weighted by Gasteiger charge is 2.15. The van der Waals surface area contributed by atoms with Crippen molar-refractivity contribution in [3.8, 4) is 0 Å². The second-order valence-electron chi connectivity index (χ2n) is 4.97. The van der Waals surface area contributed by atoms with Crippen molar-refractivity contribution in [2.45, 2.75) is 45.1 Å². The van der Waals surface area contributed by atoms with E-state index >= 15 is 0 Å². The first-order chi connectivity index (χ1) is 8.45. The van der Waals surface area contributed by atoms with Crippen molar-refractivity contribution in [2.75, 3.05) is 25.7 Å². The van der Waals surface area contributed by atoms with E-state index in [0.29, 0.717) is 13.0 Å². The third kappa shape index (κ3) is 9.22. The lowest BCUT2D eigenvalue weighted by molar-refractivity contribution is -0.121. The highest BCUT2D eigenvalue weighted by molar-refractivity contribution is 7.17. The van der Waals surface area contributed by atoms with E-state index in [4.69, 9.17) is 5.73 Å². The summed E-state index contributed by atoms with van der Waals surface area (Å²) in [6.07, 6.45) is 5.17. The molecule has 0 bridgehead atoms. The van der Waals surface area contributed by atoms with E-state index in [1.54, 1.807) is 0 Å². The van der Waals surface area contributed by atoms with Crippen LogP contribution in [0.25, 0.3) is 0 Å². The van der Waals surface area contributed by atoms with Gasteiger partial charge >= 0.3 is 0 Å². The van der Waals surface area contributed by atoms with Crippen LogP contribution in [-0.4, -0.2) is 42.0 Å². The summed E-state index contributed by atoms with van der Waals surface area (Å²) >= 11 is 0. The number of nitrogens with zero attached hydrogens (tertiary/aromatic N) is 1. The number of carbonyl (C=O) groups excluding carboxylic acids is 1.